The van der Waals surface area contributed by atoms with E-state index < -0.39 is 33.6 Å². The summed E-state index contributed by atoms with van der Waals surface area (Å²) < 4.78 is 79.5. The van der Waals surface area contributed by atoms with Gasteiger partial charge in [-0.05, 0) is 35.7 Å². The van der Waals surface area contributed by atoms with Gasteiger partial charge in [0, 0.05) is 24.7 Å². The average Bonchev–Trinajstić information content (AvgIpc) is 3.26. The van der Waals surface area contributed by atoms with Gasteiger partial charge >= 0.3 is 6.18 Å². The lowest BCUT2D eigenvalue weighted by Crippen LogP contribution is -2.15. The van der Waals surface area contributed by atoms with E-state index in [0.717, 1.165) is 18.4 Å². The molecule has 3 aromatic rings. The highest BCUT2D eigenvalue weighted by atomic mass is 32.2. The molecule has 12 heteroatoms. The molecule has 0 saturated carbocycles. The number of rotatable bonds is 8. The van der Waals surface area contributed by atoms with Gasteiger partial charge in [0.25, 0.3) is 0 Å². The Morgan fingerprint density at radius 2 is 1.94 bits per heavy atom. The SMILES string of the molecule is CC(C(=O)CCc1ccc(C(F)(F)F)nc1-n1ccnc1)c1ccc(NS(C)(=O)=O)c(F)c1. The molecule has 176 valence electrons. The Morgan fingerprint density at radius 3 is 2.52 bits per heavy atom. The molecule has 1 atom stereocenters. The third-order valence-electron chi connectivity index (χ3n) is 4.91. The first-order valence-corrected chi connectivity index (χ1v) is 11.6. The van der Waals surface area contributed by atoms with Crippen molar-refractivity contribution in [2.75, 3.05) is 11.0 Å². The van der Waals surface area contributed by atoms with Crippen LogP contribution in [0.3, 0.4) is 0 Å². The predicted octanol–water partition coefficient (Wildman–Crippen LogP) is 4.10. The first-order chi connectivity index (χ1) is 15.3. The van der Waals surface area contributed by atoms with Crippen molar-refractivity contribution < 1.29 is 30.8 Å². The fourth-order valence-electron chi connectivity index (χ4n) is 3.18. The molecule has 0 spiro atoms. The number of hydrogen-bond acceptors (Lipinski definition) is 5. The number of nitrogens with one attached hydrogen (secondary N) is 1. The van der Waals surface area contributed by atoms with E-state index in [2.05, 4.69) is 9.97 Å². The zero-order valence-corrected chi connectivity index (χ0v) is 18.4. The number of Topliss-reactive ketones (excluding diaryl/α,β-unsaturated/α-hetero) is 1. The summed E-state index contributed by atoms with van der Waals surface area (Å²) >= 11 is 0. The molecule has 0 radical (unpaired) electrons. The fourth-order valence-corrected chi connectivity index (χ4v) is 3.75. The maximum Gasteiger partial charge on any atom is 0.433 e. The first-order valence-electron chi connectivity index (χ1n) is 9.70. The Hall–Kier alpha value is -3.28. The van der Waals surface area contributed by atoms with Crippen molar-refractivity contribution in [3.63, 3.8) is 0 Å². The maximum absolute atomic E-state index is 14.3. The number of hydrogen-bond donors (Lipinski definition) is 1. The Bertz CT molecular complexity index is 1260. The predicted molar refractivity (Wildman–Crippen MR) is 113 cm³/mol. The van der Waals surface area contributed by atoms with E-state index in [1.54, 1.807) is 6.92 Å². The number of sulfonamides is 1. The molecule has 1 N–H and O–H groups in total. The zero-order valence-electron chi connectivity index (χ0n) is 17.6. The highest BCUT2D eigenvalue weighted by Gasteiger charge is 2.33. The number of carbonyl (C=O) groups is 1. The molecule has 0 aliphatic heterocycles. The van der Waals surface area contributed by atoms with Crippen LogP contribution in [0.1, 0.15) is 36.1 Å². The number of carbonyl (C=O) groups excluding carboxylic acids is 1. The summed E-state index contributed by atoms with van der Waals surface area (Å²) in [7, 11) is -3.66. The highest BCUT2D eigenvalue weighted by molar-refractivity contribution is 7.92. The van der Waals surface area contributed by atoms with Crippen LogP contribution in [-0.4, -0.2) is 35.0 Å². The lowest BCUT2D eigenvalue weighted by atomic mass is 9.92. The van der Waals surface area contributed by atoms with Gasteiger partial charge < -0.3 is 0 Å². The number of ketones is 1. The van der Waals surface area contributed by atoms with E-state index >= 15 is 0 Å². The highest BCUT2D eigenvalue weighted by Crippen LogP contribution is 2.30. The number of aromatic nitrogens is 3. The number of halogens is 4. The second kappa shape index (κ2) is 9.30. The lowest BCUT2D eigenvalue weighted by Gasteiger charge is -2.15. The van der Waals surface area contributed by atoms with Gasteiger partial charge in [-0.1, -0.05) is 19.1 Å². The van der Waals surface area contributed by atoms with Gasteiger partial charge in [-0.15, -0.1) is 0 Å². The Labute approximate surface area is 187 Å². The third-order valence-corrected chi connectivity index (χ3v) is 5.50. The molecule has 2 heterocycles. The van der Waals surface area contributed by atoms with Crippen molar-refractivity contribution >= 4 is 21.5 Å². The van der Waals surface area contributed by atoms with E-state index in [9.17, 15) is 30.8 Å². The standard InChI is InChI=1S/C21H20F4N4O3S/c1-13(15-3-6-17(16(22)11-15)28-33(2,31)32)18(30)7-4-14-5-8-19(21(23,24)25)27-20(14)29-10-9-26-12-29/h3,5-6,8-13,28H,4,7H2,1-2H3. The molecule has 0 aliphatic carbocycles. The van der Waals surface area contributed by atoms with Crippen LogP contribution in [0.15, 0.2) is 49.1 Å². The Balaban J connectivity index is 1.77. The van der Waals surface area contributed by atoms with Crippen molar-refractivity contribution in [1.82, 2.24) is 14.5 Å². The summed E-state index contributed by atoms with van der Waals surface area (Å²) in [5.74, 6) is -1.79. The molecule has 0 aliphatic rings. The minimum Gasteiger partial charge on any atom is -0.299 e. The summed E-state index contributed by atoms with van der Waals surface area (Å²) in [4.78, 5) is 20.2. The van der Waals surface area contributed by atoms with E-state index in [-0.39, 0.29) is 30.1 Å². The second-order valence-corrected chi connectivity index (χ2v) is 9.20. The lowest BCUT2D eigenvalue weighted by molar-refractivity contribution is -0.141. The normalized spacial score (nSPS) is 13.0. The molecular weight excluding hydrogens is 464 g/mol. The number of alkyl halides is 3. The molecule has 0 saturated heterocycles. The summed E-state index contributed by atoms with van der Waals surface area (Å²) in [6, 6.07) is 5.87. The van der Waals surface area contributed by atoms with Crippen LogP contribution in [-0.2, 0) is 27.4 Å². The molecule has 0 amide bonds. The smallest absolute Gasteiger partial charge is 0.299 e. The number of aryl methyl sites for hydroxylation is 1. The summed E-state index contributed by atoms with van der Waals surface area (Å²) in [6.45, 7) is 1.57. The number of nitrogens with zero attached hydrogens (tertiary/aromatic N) is 3. The van der Waals surface area contributed by atoms with E-state index in [1.165, 1.54) is 41.5 Å². The molecule has 7 nitrogen and oxygen atoms in total. The summed E-state index contributed by atoms with van der Waals surface area (Å²) in [5, 5.41) is 0. The van der Waals surface area contributed by atoms with Crippen molar-refractivity contribution in [3.8, 4) is 5.82 Å². The van der Waals surface area contributed by atoms with Gasteiger partial charge in [0.2, 0.25) is 10.0 Å². The van der Waals surface area contributed by atoms with Crippen molar-refractivity contribution in [3.05, 3.63) is 71.7 Å². The topological polar surface area (TPSA) is 93.9 Å². The van der Waals surface area contributed by atoms with Gasteiger partial charge in [0.15, 0.2) is 0 Å². The first kappa shape index (κ1) is 24.4. The third kappa shape index (κ3) is 6.15. The van der Waals surface area contributed by atoms with Gasteiger partial charge in [0.05, 0.1) is 11.9 Å². The van der Waals surface area contributed by atoms with Crippen LogP contribution in [0.2, 0.25) is 0 Å². The average molecular weight is 484 g/mol. The van der Waals surface area contributed by atoms with Gasteiger partial charge in [-0.3, -0.25) is 14.1 Å². The molecule has 3 rings (SSSR count). The molecule has 1 unspecified atom stereocenters. The minimum atomic E-state index is -4.62. The van der Waals surface area contributed by atoms with Gasteiger partial charge in [-0.25, -0.2) is 22.8 Å². The summed E-state index contributed by atoms with van der Waals surface area (Å²) in [6.07, 6.45) is 0.506. The Kier molecular flexibility index (Phi) is 6.86. The monoisotopic (exact) mass is 484 g/mol. The Morgan fingerprint density at radius 1 is 1.21 bits per heavy atom. The van der Waals surface area contributed by atoms with Crippen LogP contribution in [0.5, 0.6) is 0 Å². The second-order valence-electron chi connectivity index (χ2n) is 7.45. The van der Waals surface area contributed by atoms with Crippen LogP contribution in [0, 0.1) is 5.82 Å². The molecule has 1 aromatic carbocycles. The van der Waals surface area contributed by atoms with Crippen molar-refractivity contribution in [1.29, 1.82) is 0 Å². The maximum atomic E-state index is 14.3. The van der Waals surface area contributed by atoms with Crippen LogP contribution >= 0.6 is 0 Å². The quantitative estimate of drug-likeness (QED) is 0.486. The number of pyridine rings is 1. The van der Waals surface area contributed by atoms with E-state index in [0.29, 0.717) is 11.1 Å². The number of anilines is 1. The van der Waals surface area contributed by atoms with Crippen molar-refractivity contribution in [2.24, 2.45) is 0 Å². The van der Waals surface area contributed by atoms with Crippen LogP contribution in [0.25, 0.3) is 5.82 Å². The molecule has 0 bridgehead atoms. The molecular formula is C21H20F4N4O3S. The largest absolute Gasteiger partial charge is 0.433 e. The number of imidazole rings is 1. The summed E-state index contributed by atoms with van der Waals surface area (Å²) in [5.41, 5.74) is -0.535. The molecule has 0 fully saturated rings. The molecule has 33 heavy (non-hydrogen) atoms. The van der Waals surface area contributed by atoms with Gasteiger partial charge in [0.1, 0.15) is 29.4 Å². The fraction of sp³-hybridized carbons (Fsp3) is 0.286. The van der Waals surface area contributed by atoms with Crippen molar-refractivity contribution in [2.45, 2.75) is 31.9 Å². The van der Waals surface area contributed by atoms with Crippen LogP contribution in [0.4, 0.5) is 23.2 Å². The zero-order chi connectivity index (χ0) is 24.4. The van der Waals surface area contributed by atoms with Crippen LogP contribution < -0.4 is 4.72 Å². The van der Waals surface area contributed by atoms with Gasteiger partial charge in [-0.2, -0.15) is 13.2 Å². The molecule has 2 aromatic heterocycles. The minimum absolute atomic E-state index is 0.0185. The number of benzene rings is 1. The van der Waals surface area contributed by atoms with E-state index in [1.807, 2.05) is 4.72 Å². The van der Waals surface area contributed by atoms with E-state index in [4.69, 9.17) is 0 Å².